The van der Waals surface area contributed by atoms with Gasteiger partial charge in [-0.1, -0.05) is 24.3 Å². The number of ether oxygens (including phenoxy) is 1. The normalized spacial score (nSPS) is 22.1. The Balaban J connectivity index is 1.98. The topological polar surface area (TPSA) is 64.3 Å². The van der Waals surface area contributed by atoms with Crippen LogP contribution in [-0.2, 0) is 16.1 Å². The molecule has 18 heavy (non-hydrogen) atoms. The van der Waals surface area contributed by atoms with Gasteiger partial charge < -0.3 is 15.8 Å². The molecule has 0 bridgehead atoms. The van der Waals surface area contributed by atoms with E-state index in [1.165, 1.54) is 0 Å². The van der Waals surface area contributed by atoms with Crippen LogP contribution in [0.15, 0.2) is 36.4 Å². The molecule has 4 nitrogen and oxygen atoms in total. The fourth-order valence-corrected chi connectivity index (χ4v) is 2.06. The van der Waals surface area contributed by atoms with Crippen molar-refractivity contribution >= 4 is 11.6 Å². The van der Waals surface area contributed by atoms with Gasteiger partial charge in [0.25, 0.3) is 0 Å². The number of carbonyl (C=O) groups is 1. The molecule has 3 N–H and O–H groups in total. The summed E-state index contributed by atoms with van der Waals surface area (Å²) in [6, 6.07) is 7.65. The van der Waals surface area contributed by atoms with E-state index in [-0.39, 0.29) is 17.9 Å². The molecule has 1 aliphatic carbocycles. The standard InChI is InChI=1S/C14H18N2O2/c1-18-9-10-3-2-4-13(7-10)16-14(17)11-5-6-12(15)8-11/h2-7,11-12H,8-9,15H2,1H3,(H,16,17). The molecule has 96 valence electrons. The van der Waals surface area contributed by atoms with Crippen LogP contribution < -0.4 is 11.1 Å². The molecule has 2 rings (SSSR count). The summed E-state index contributed by atoms with van der Waals surface area (Å²) in [6.45, 7) is 0.540. The van der Waals surface area contributed by atoms with Gasteiger partial charge in [0.2, 0.25) is 5.91 Å². The number of hydrogen-bond donors (Lipinski definition) is 2. The fourth-order valence-electron chi connectivity index (χ4n) is 2.06. The Morgan fingerprint density at radius 2 is 2.33 bits per heavy atom. The molecule has 1 aromatic rings. The van der Waals surface area contributed by atoms with E-state index in [2.05, 4.69) is 5.32 Å². The minimum Gasteiger partial charge on any atom is -0.380 e. The average Bonchev–Trinajstić information content (AvgIpc) is 2.77. The highest BCUT2D eigenvalue weighted by Gasteiger charge is 2.22. The zero-order valence-corrected chi connectivity index (χ0v) is 10.4. The van der Waals surface area contributed by atoms with Crippen LogP contribution in [0.1, 0.15) is 12.0 Å². The second kappa shape index (κ2) is 5.80. The smallest absolute Gasteiger partial charge is 0.231 e. The zero-order valence-electron chi connectivity index (χ0n) is 10.4. The van der Waals surface area contributed by atoms with E-state index < -0.39 is 0 Å². The van der Waals surface area contributed by atoms with Crippen molar-refractivity contribution in [3.8, 4) is 0 Å². The molecule has 0 aliphatic heterocycles. The Morgan fingerprint density at radius 1 is 1.50 bits per heavy atom. The highest BCUT2D eigenvalue weighted by Crippen LogP contribution is 2.19. The van der Waals surface area contributed by atoms with Crippen molar-refractivity contribution in [1.82, 2.24) is 0 Å². The maximum absolute atomic E-state index is 12.0. The summed E-state index contributed by atoms with van der Waals surface area (Å²) < 4.78 is 5.06. The van der Waals surface area contributed by atoms with Gasteiger partial charge in [-0.25, -0.2) is 0 Å². The first-order chi connectivity index (χ1) is 8.69. The lowest BCUT2D eigenvalue weighted by Gasteiger charge is -2.11. The molecular formula is C14H18N2O2. The molecule has 1 aliphatic rings. The van der Waals surface area contributed by atoms with Crippen LogP contribution in [0, 0.1) is 5.92 Å². The van der Waals surface area contributed by atoms with Crippen molar-refractivity contribution in [2.24, 2.45) is 11.7 Å². The third kappa shape index (κ3) is 3.18. The molecule has 0 radical (unpaired) electrons. The van der Waals surface area contributed by atoms with Crippen molar-refractivity contribution in [2.45, 2.75) is 19.1 Å². The van der Waals surface area contributed by atoms with Crippen LogP contribution in [0.2, 0.25) is 0 Å². The number of anilines is 1. The quantitative estimate of drug-likeness (QED) is 0.794. The van der Waals surface area contributed by atoms with E-state index in [1.54, 1.807) is 7.11 Å². The van der Waals surface area contributed by atoms with E-state index in [1.807, 2.05) is 36.4 Å². The highest BCUT2D eigenvalue weighted by atomic mass is 16.5. The van der Waals surface area contributed by atoms with Gasteiger partial charge in [-0.3, -0.25) is 4.79 Å². The van der Waals surface area contributed by atoms with E-state index in [9.17, 15) is 4.79 Å². The maximum Gasteiger partial charge on any atom is 0.231 e. The van der Waals surface area contributed by atoms with Gasteiger partial charge in [0.15, 0.2) is 0 Å². The van der Waals surface area contributed by atoms with Crippen molar-refractivity contribution in [3.63, 3.8) is 0 Å². The van der Waals surface area contributed by atoms with E-state index in [0.717, 1.165) is 11.3 Å². The van der Waals surface area contributed by atoms with Crippen molar-refractivity contribution in [1.29, 1.82) is 0 Å². The van der Waals surface area contributed by atoms with Crippen molar-refractivity contribution in [2.75, 3.05) is 12.4 Å². The predicted octanol–water partition coefficient (Wildman–Crippen LogP) is 1.67. The Morgan fingerprint density at radius 3 is 3.00 bits per heavy atom. The SMILES string of the molecule is COCc1cccc(NC(=O)C2C=CC(N)C2)c1. The number of hydrogen-bond acceptors (Lipinski definition) is 3. The Bertz CT molecular complexity index is 457. The predicted molar refractivity (Wildman–Crippen MR) is 71.0 cm³/mol. The third-order valence-electron chi connectivity index (χ3n) is 2.96. The number of nitrogens with one attached hydrogen (secondary N) is 1. The molecule has 0 aromatic heterocycles. The van der Waals surface area contributed by atoms with E-state index in [4.69, 9.17) is 10.5 Å². The summed E-state index contributed by atoms with van der Waals surface area (Å²) in [5, 5.41) is 2.90. The molecule has 2 atom stereocenters. The molecular weight excluding hydrogens is 228 g/mol. The first-order valence-corrected chi connectivity index (χ1v) is 6.01. The van der Waals surface area contributed by atoms with Crippen molar-refractivity contribution < 1.29 is 9.53 Å². The van der Waals surface area contributed by atoms with Crippen LogP contribution >= 0.6 is 0 Å². The second-order valence-corrected chi connectivity index (χ2v) is 4.51. The van der Waals surface area contributed by atoms with Crippen LogP contribution in [0.3, 0.4) is 0 Å². The van der Waals surface area contributed by atoms with Gasteiger partial charge in [-0.15, -0.1) is 0 Å². The molecule has 2 unspecified atom stereocenters. The van der Waals surface area contributed by atoms with Crippen LogP contribution in [0.5, 0.6) is 0 Å². The monoisotopic (exact) mass is 246 g/mol. The van der Waals surface area contributed by atoms with Crippen LogP contribution in [0.25, 0.3) is 0 Å². The lowest BCUT2D eigenvalue weighted by atomic mass is 10.1. The molecule has 0 spiro atoms. The minimum absolute atomic E-state index is 0.000533. The largest absolute Gasteiger partial charge is 0.380 e. The van der Waals surface area contributed by atoms with E-state index >= 15 is 0 Å². The summed E-state index contributed by atoms with van der Waals surface area (Å²) in [5.74, 6) is -0.125. The fraction of sp³-hybridized carbons (Fsp3) is 0.357. The Hall–Kier alpha value is -1.65. The molecule has 0 heterocycles. The number of methoxy groups -OCH3 is 1. The zero-order chi connectivity index (χ0) is 13.0. The maximum atomic E-state index is 12.0. The van der Waals surface area contributed by atoms with Crippen molar-refractivity contribution in [3.05, 3.63) is 42.0 Å². The summed E-state index contributed by atoms with van der Waals surface area (Å²) in [5.41, 5.74) is 7.57. The average molecular weight is 246 g/mol. The number of nitrogens with two attached hydrogens (primary N) is 1. The molecule has 1 amide bonds. The third-order valence-corrected chi connectivity index (χ3v) is 2.96. The first-order valence-electron chi connectivity index (χ1n) is 6.01. The van der Waals surface area contributed by atoms with Gasteiger partial charge in [0.1, 0.15) is 0 Å². The highest BCUT2D eigenvalue weighted by molar-refractivity contribution is 5.94. The molecule has 0 saturated carbocycles. The number of benzene rings is 1. The first kappa shape index (κ1) is 12.8. The van der Waals surface area contributed by atoms with E-state index in [0.29, 0.717) is 13.0 Å². The lowest BCUT2D eigenvalue weighted by Crippen LogP contribution is -2.24. The summed E-state index contributed by atoms with van der Waals surface area (Å²) in [7, 11) is 1.65. The lowest BCUT2D eigenvalue weighted by molar-refractivity contribution is -0.118. The van der Waals surface area contributed by atoms with Crippen LogP contribution in [0.4, 0.5) is 5.69 Å². The molecule has 1 aromatic carbocycles. The summed E-state index contributed by atoms with van der Waals surface area (Å²) >= 11 is 0. The minimum atomic E-state index is -0.119. The Labute approximate surface area is 107 Å². The van der Waals surface area contributed by atoms with Gasteiger partial charge in [0.05, 0.1) is 12.5 Å². The number of rotatable bonds is 4. The molecule has 4 heteroatoms. The number of amides is 1. The molecule has 0 saturated heterocycles. The Kier molecular flexibility index (Phi) is 4.12. The van der Waals surface area contributed by atoms with Gasteiger partial charge >= 0.3 is 0 Å². The summed E-state index contributed by atoms with van der Waals surface area (Å²) in [6.07, 6.45) is 4.44. The molecule has 0 fully saturated rings. The van der Waals surface area contributed by atoms with Crippen LogP contribution in [-0.4, -0.2) is 19.1 Å². The second-order valence-electron chi connectivity index (χ2n) is 4.51. The van der Waals surface area contributed by atoms with Gasteiger partial charge in [0, 0.05) is 18.8 Å². The number of carbonyl (C=O) groups excluding carboxylic acids is 1. The summed E-state index contributed by atoms with van der Waals surface area (Å²) in [4.78, 5) is 12.0. The van der Waals surface area contributed by atoms with Gasteiger partial charge in [-0.2, -0.15) is 0 Å². The van der Waals surface area contributed by atoms with Gasteiger partial charge in [-0.05, 0) is 24.1 Å².